The van der Waals surface area contributed by atoms with E-state index in [9.17, 15) is 13.2 Å². The van der Waals surface area contributed by atoms with Gasteiger partial charge < -0.3 is 10.1 Å². The molecule has 210 valence electrons. The lowest BCUT2D eigenvalue weighted by Gasteiger charge is -2.38. The summed E-state index contributed by atoms with van der Waals surface area (Å²) < 4.78 is 34.0. The molecular formula is C31H40N2O5S. The second-order valence-corrected chi connectivity index (χ2v) is 12.3. The number of hydrogen-bond acceptors (Lipinski definition) is 6. The van der Waals surface area contributed by atoms with Crippen LogP contribution < -0.4 is 5.32 Å². The van der Waals surface area contributed by atoms with E-state index in [1.54, 1.807) is 0 Å². The molecule has 1 amide bonds. The van der Waals surface area contributed by atoms with Crippen LogP contribution in [0, 0.1) is 0 Å². The lowest BCUT2D eigenvalue weighted by molar-refractivity contribution is 0.0437. The van der Waals surface area contributed by atoms with Crippen molar-refractivity contribution in [2.45, 2.75) is 64.4 Å². The maximum atomic E-state index is 13.1. The fraction of sp³-hybridized carbons (Fsp3) is 0.387. The highest BCUT2D eigenvalue weighted by molar-refractivity contribution is 7.85. The largest absolute Gasteiger partial charge is 0.444 e. The Morgan fingerprint density at radius 1 is 0.846 bits per heavy atom. The first-order valence-corrected chi connectivity index (χ1v) is 15.0. The molecule has 1 N–H and O–H groups in total. The van der Waals surface area contributed by atoms with Crippen LogP contribution in [0.2, 0.25) is 0 Å². The van der Waals surface area contributed by atoms with Crippen molar-refractivity contribution in [3.05, 3.63) is 108 Å². The van der Waals surface area contributed by atoms with Crippen molar-refractivity contribution in [1.82, 2.24) is 10.2 Å². The minimum atomic E-state index is -3.55. The quantitative estimate of drug-likeness (QED) is 0.204. The molecule has 0 aromatic heterocycles. The van der Waals surface area contributed by atoms with Gasteiger partial charge in [-0.15, -0.1) is 0 Å². The number of hydrogen-bond donors (Lipinski definition) is 1. The zero-order valence-electron chi connectivity index (χ0n) is 23.2. The van der Waals surface area contributed by atoms with Gasteiger partial charge in [-0.2, -0.15) is 8.42 Å². The predicted octanol–water partition coefficient (Wildman–Crippen LogP) is 6.08. The monoisotopic (exact) mass is 552 g/mol. The molecule has 0 bridgehead atoms. The van der Waals surface area contributed by atoms with E-state index in [0.717, 1.165) is 22.9 Å². The molecule has 0 aliphatic rings. The van der Waals surface area contributed by atoms with E-state index < -0.39 is 27.9 Å². The van der Waals surface area contributed by atoms with Crippen LogP contribution in [0.5, 0.6) is 0 Å². The van der Waals surface area contributed by atoms with Crippen LogP contribution in [0.4, 0.5) is 4.79 Å². The Kier molecular flexibility index (Phi) is 11.1. The minimum Gasteiger partial charge on any atom is -0.444 e. The SMILES string of the molecule is CC(C)(C)OC(=O)N[C@@H](c1ccccc1)[C@H](CCCOS(C)(=O)=O)N(Cc1ccccc1)Cc1ccccc1. The van der Waals surface area contributed by atoms with Gasteiger partial charge >= 0.3 is 6.09 Å². The van der Waals surface area contributed by atoms with Gasteiger partial charge in [0, 0.05) is 19.1 Å². The first kappa shape index (κ1) is 30.3. The van der Waals surface area contributed by atoms with Gasteiger partial charge in [0.1, 0.15) is 5.60 Å². The van der Waals surface area contributed by atoms with E-state index in [-0.39, 0.29) is 12.6 Å². The van der Waals surface area contributed by atoms with Gasteiger partial charge in [-0.25, -0.2) is 4.79 Å². The van der Waals surface area contributed by atoms with Crippen molar-refractivity contribution >= 4 is 16.2 Å². The molecule has 0 unspecified atom stereocenters. The van der Waals surface area contributed by atoms with E-state index in [4.69, 9.17) is 8.92 Å². The van der Waals surface area contributed by atoms with Crippen LogP contribution >= 0.6 is 0 Å². The second-order valence-electron chi connectivity index (χ2n) is 10.6. The fourth-order valence-electron chi connectivity index (χ4n) is 4.49. The Labute approximate surface area is 233 Å². The molecule has 0 heterocycles. The van der Waals surface area contributed by atoms with Gasteiger partial charge in [-0.1, -0.05) is 91.0 Å². The summed E-state index contributed by atoms with van der Waals surface area (Å²) in [4.78, 5) is 15.4. The van der Waals surface area contributed by atoms with Crippen molar-refractivity contribution in [3.8, 4) is 0 Å². The predicted molar refractivity (Wildman–Crippen MR) is 155 cm³/mol. The Bertz CT molecular complexity index is 1200. The zero-order valence-corrected chi connectivity index (χ0v) is 24.1. The number of rotatable bonds is 13. The zero-order chi connectivity index (χ0) is 28.3. The molecule has 8 heteroatoms. The number of benzene rings is 3. The number of nitrogens with zero attached hydrogens (tertiary/aromatic N) is 1. The summed E-state index contributed by atoms with van der Waals surface area (Å²) in [6.07, 6.45) is 1.60. The normalized spacial score (nSPS) is 13.6. The van der Waals surface area contributed by atoms with E-state index in [1.807, 2.05) is 87.5 Å². The van der Waals surface area contributed by atoms with Gasteiger partial charge in [-0.3, -0.25) is 9.08 Å². The molecule has 0 radical (unpaired) electrons. The molecule has 3 aromatic rings. The molecule has 3 aromatic carbocycles. The average molecular weight is 553 g/mol. The lowest BCUT2D eigenvalue weighted by Crippen LogP contribution is -2.47. The number of amides is 1. The first-order valence-electron chi connectivity index (χ1n) is 13.2. The van der Waals surface area contributed by atoms with Gasteiger partial charge in [0.25, 0.3) is 10.1 Å². The summed E-state index contributed by atoms with van der Waals surface area (Å²) in [6.45, 7) is 6.83. The summed E-state index contributed by atoms with van der Waals surface area (Å²) in [5.41, 5.74) is 2.55. The van der Waals surface area contributed by atoms with Gasteiger partial charge in [0.15, 0.2) is 0 Å². The summed E-state index contributed by atoms with van der Waals surface area (Å²) >= 11 is 0. The van der Waals surface area contributed by atoms with E-state index in [1.165, 1.54) is 0 Å². The maximum Gasteiger partial charge on any atom is 0.408 e. The topological polar surface area (TPSA) is 84.9 Å². The van der Waals surface area contributed by atoms with Crippen LogP contribution in [-0.4, -0.2) is 43.9 Å². The fourth-order valence-corrected chi connectivity index (χ4v) is 4.91. The second kappa shape index (κ2) is 14.3. The smallest absolute Gasteiger partial charge is 0.408 e. The number of carbonyl (C=O) groups excluding carboxylic acids is 1. The Morgan fingerprint density at radius 2 is 1.33 bits per heavy atom. The summed E-state index contributed by atoms with van der Waals surface area (Å²) in [5, 5.41) is 3.14. The molecule has 0 fully saturated rings. The molecule has 2 atom stereocenters. The molecule has 0 aliphatic carbocycles. The standard InChI is InChI=1S/C31H40N2O5S/c1-31(2,3)38-30(34)32-29(27-19-12-7-13-20-27)28(21-14-22-37-39(4,35)36)33(23-25-15-8-5-9-16-25)24-26-17-10-6-11-18-26/h5-13,15-20,28-29H,14,21-24H2,1-4H3,(H,32,34)/t28-,29-/m0/s1. The average Bonchev–Trinajstić information content (AvgIpc) is 2.87. The maximum absolute atomic E-state index is 13.1. The van der Waals surface area contributed by atoms with Crippen molar-refractivity contribution in [3.63, 3.8) is 0 Å². The molecule has 0 aliphatic heterocycles. The van der Waals surface area contributed by atoms with Crippen LogP contribution in [0.15, 0.2) is 91.0 Å². The summed E-state index contributed by atoms with van der Waals surface area (Å²) in [6, 6.07) is 29.5. The Hall–Kier alpha value is -3.20. The third-order valence-corrected chi connectivity index (χ3v) is 6.68. The summed E-state index contributed by atoms with van der Waals surface area (Å²) in [7, 11) is -3.55. The highest BCUT2D eigenvalue weighted by atomic mass is 32.2. The van der Waals surface area contributed by atoms with E-state index >= 15 is 0 Å². The van der Waals surface area contributed by atoms with Crippen molar-refractivity contribution in [2.75, 3.05) is 12.9 Å². The number of carbonyl (C=O) groups is 1. The van der Waals surface area contributed by atoms with Crippen LogP contribution in [-0.2, 0) is 32.1 Å². The van der Waals surface area contributed by atoms with Crippen LogP contribution in [0.3, 0.4) is 0 Å². The summed E-state index contributed by atoms with van der Waals surface area (Å²) in [5.74, 6) is 0. The molecule has 7 nitrogen and oxygen atoms in total. The molecule has 39 heavy (non-hydrogen) atoms. The van der Waals surface area contributed by atoms with Crippen LogP contribution in [0.25, 0.3) is 0 Å². The van der Waals surface area contributed by atoms with Crippen molar-refractivity contribution in [2.24, 2.45) is 0 Å². The molecule has 0 spiro atoms. The van der Waals surface area contributed by atoms with E-state index in [2.05, 4.69) is 34.5 Å². The van der Waals surface area contributed by atoms with Crippen LogP contribution in [0.1, 0.15) is 56.3 Å². The van der Waals surface area contributed by atoms with Gasteiger partial charge in [0.05, 0.1) is 18.9 Å². The lowest BCUT2D eigenvalue weighted by atomic mass is 9.93. The number of nitrogens with one attached hydrogen (secondary N) is 1. The number of alkyl carbamates (subject to hydrolysis) is 1. The van der Waals surface area contributed by atoms with Gasteiger partial charge in [0.2, 0.25) is 0 Å². The van der Waals surface area contributed by atoms with Crippen molar-refractivity contribution in [1.29, 1.82) is 0 Å². The van der Waals surface area contributed by atoms with E-state index in [0.29, 0.717) is 25.9 Å². The highest BCUT2D eigenvalue weighted by Gasteiger charge is 2.32. The minimum absolute atomic E-state index is 0.0633. The first-order chi connectivity index (χ1) is 18.5. The van der Waals surface area contributed by atoms with Crippen molar-refractivity contribution < 1.29 is 22.1 Å². The molecular weight excluding hydrogens is 512 g/mol. The third-order valence-electron chi connectivity index (χ3n) is 6.08. The molecule has 0 saturated carbocycles. The highest BCUT2D eigenvalue weighted by Crippen LogP contribution is 2.29. The van der Waals surface area contributed by atoms with Gasteiger partial charge in [-0.05, 0) is 50.3 Å². The third kappa shape index (κ3) is 11.2. The Morgan fingerprint density at radius 3 is 1.79 bits per heavy atom. The molecule has 0 saturated heterocycles. The Balaban J connectivity index is 2.01. The number of ether oxygens (including phenoxy) is 1. The molecule has 3 rings (SSSR count).